The van der Waals surface area contributed by atoms with Gasteiger partial charge in [0.15, 0.2) is 0 Å². The van der Waals surface area contributed by atoms with Crippen LogP contribution in [0.25, 0.3) is 11.5 Å². The third kappa shape index (κ3) is 2.79. The molecule has 0 aliphatic heterocycles. The molecule has 6 nitrogen and oxygen atoms in total. The quantitative estimate of drug-likeness (QED) is 0.715. The number of nitrogens with one attached hydrogen (secondary N) is 1. The smallest absolute Gasteiger partial charge is 0.320 e. The minimum absolute atomic E-state index is 0.304. The molecule has 0 aliphatic rings. The maximum Gasteiger partial charge on any atom is 0.320 e. The highest BCUT2D eigenvalue weighted by molar-refractivity contribution is 5.70. The molecular formula is C15H14N4O2. The fourth-order valence-corrected chi connectivity index (χ4v) is 1.87. The Kier molecular flexibility index (Phi) is 3.42. The number of anilines is 3. The van der Waals surface area contributed by atoms with Crippen LogP contribution in [0.2, 0.25) is 0 Å². The van der Waals surface area contributed by atoms with E-state index in [4.69, 9.17) is 14.9 Å². The topological polar surface area (TPSA) is 86.2 Å². The molecule has 0 spiro atoms. The molecular weight excluding hydrogens is 268 g/mol. The van der Waals surface area contributed by atoms with Crippen LogP contribution in [0.5, 0.6) is 5.75 Å². The Morgan fingerprint density at radius 1 is 1.05 bits per heavy atom. The van der Waals surface area contributed by atoms with Crippen molar-refractivity contribution in [1.82, 2.24) is 10.2 Å². The Morgan fingerprint density at radius 2 is 1.81 bits per heavy atom. The van der Waals surface area contributed by atoms with Crippen molar-refractivity contribution in [3.8, 4) is 17.2 Å². The summed E-state index contributed by atoms with van der Waals surface area (Å²) in [5.41, 5.74) is 8.02. The number of nitrogen functional groups attached to an aromatic ring is 1. The lowest BCUT2D eigenvalue weighted by Crippen LogP contribution is -1.90. The van der Waals surface area contributed by atoms with Gasteiger partial charge >= 0.3 is 6.01 Å². The molecule has 106 valence electrons. The van der Waals surface area contributed by atoms with Crippen LogP contribution in [0.15, 0.2) is 52.9 Å². The van der Waals surface area contributed by atoms with Crippen molar-refractivity contribution in [3.05, 3.63) is 48.5 Å². The van der Waals surface area contributed by atoms with Gasteiger partial charge in [-0.3, -0.25) is 0 Å². The lowest BCUT2D eigenvalue weighted by Gasteiger charge is -2.03. The Bertz CT molecular complexity index is 737. The number of methoxy groups -OCH3 is 1. The van der Waals surface area contributed by atoms with Gasteiger partial charge in [0.2, 0.25) is 0 Å². The van der Waals surface area contributed by atoms with E-state index in [9.17, 15) is 0 Å². The van der Waals surface area contributed by atoms with Gasteiger partial charge < -0.3 is 20.2 Å². The molecule has 1 aromatic heterocycles. The average Bonchev–Trinajstić information content (AvgIpc) is 2.97. The van der Waals surface area contributed by atoms with Gasteiger partial charge in [0.25, 0.3) is 5.89 Å². The van der Waals surface area contributed by atoms with E-state index < -0.39 is 0 Å². The molecule has 0 fully saturated rings. The Balaban J connectivity index is 1.80. The van der Waals surface area contributed by atoms with Crippen molar-refractivity contribution in [2.24, 2.45) is 0 Å². The van der Waals surface area contributed by atoms with Crippen molar-refractivity contribution in [3.63, 3.8) is 0 Å². The minimum Gasteiger partial charge on any atom is -0.497 e. The number of nitrogens with zero attached hydrogens (tertiary/aromatic N) is 2. The van der Waals surface area contributed by atoms with E-state index in [1.165, 1.54) is 0 Å². The van der Waals surface area contributed by atoms with Crippen LogP contribution in [-0.2, 0) is 0 Å². The van der Waals surface area contributed by atoms with E-state index in [0.717, 1.165) is 11.4 Å². The lowest BCUT2D eigenvalue weighted by atomic mass is 10.2. The van der Waals surface area contributed by atoms with E-state index in [0.29, 0.717) is 23.2 Å². The van der Waals surface area contributed by atoms with Crippen LogP contribution in [0, 0.1) is 0 Å². The van der Waals surface area contributed by atoms with E-state index >= 15 is 0 Å². The fraction of sp³-hybridized carbons (Fsp3) is 0.0667. The highest BCUT2D eigenvalue weighted by atomic mass is 16.5. The molecule has 0 amide bonds. The van der Waals surface area contributed by atoms with Crippen LogP contribution >= 0.6 is 0 Å². The molecule has 0 atom stereocenters. The summed E-state index contributed by atoms with van der Waals surface area (Å²) in [6.45, 7) is 0. The van der Waals surface area contributed by atoms with Gasteiger partial charge in [-0.25, -0.2) is 0 Å². The maximum absolute atomic E-state index is 5.88. The second-order valence-electron chi connectivity index (χ2n) is 4.35. The molecule has 0 bridgehead atoms. The van der Waals surface area contributed by atoms with Gasteiger partial charge in [-0.15, -0.1) is 5.10 Å². The van der Waals surface area contributed by atoms with Gasteiger partial charge in [-0.1, -0.05) is 17.2 Å². The third-order valence-corrected chi connectivity index (χ3v) is 2.96. The molecule has 3 rings (SSSR count). The standard InChI is InChI=1S/C15H14N4O2/c1-20-11-8-6-10(7-9-11)17-15-19-18-14(21-15)12-4-2-3-5-13(12)16/h2-9H,16H2,1H3,(H,17,19). The lowest BCUT2D eigenvalue weighted by molar-refractivity contribution is 0.415. The first-order chi connectivity index (χ1) is 10.3. The molecule has 0 saturated carbocycles. The summed E-state index contributed by atoms with van der Waals surface area (Å²) in [6.07, 6.45) is 0. The van der Waals surface area contributed by atoms with Crippen LogP contribution in [0.1, 0.15) is 0 Å². The van der Waals surface area contributed by atoms with Gasteiger partial charge in [-0.2, -0.15) is 0 Å². The zero-order chi connectivity index (χ0) is 14.7. The highest BCUT2D eigenvalue weighted by Gasteiger charge is 2.10. The summed E-state index contributed by atoms with van der Waals surface area (Å²) in [7, 11) is 1.62. The largest absolute Gasteiger partial charge is 0.497 e. The van der Waals surface area contributed by atoms with Crippen LogP contribution in [-0.4, -0.2) is 17.3 Å². The van der Waals surface area contributed by atoms with Crippen molar-refractivity contribution < 1.29 is 9.15 Å². The first kappa shape index (κ1) is 13.0. The number of nitrogens with two attached hydrogens (primary N) is 1. The normalized spacial score (nSPS) is 10.3. The number of benzene rings is 2. The Labute approximate surface area is 121 Å². The summed E-state index contributed by atoms with van der Waals surface area (Å²) in [5.74, 6) is 1.16. The number of para-hydroxylation sites is 1. The second kappa shape index (κ2) is 5.54. The predicted molar refractivity (Wildman–Crippen MR) is 80.4 cm³/mol. The molecule has 21 heavy (non-hydrogen) atoms. The van der Waals surface area contributed by atoms with Gasteiger partial charge in [0.05, 0.1) is 12.7 Å². The van der Waals surface area contributed by atoms with Crippen molar-refractivity contribution in [1.29, 1.82) is 0 Å². The summed E-state index contributed by atoms with van der Waals surface area (Å²) in [4.78, 5) is 0. The molecule has 0 saturated heterocycles. The first-order valence-corrected chi connectivity index (χ1v) is 6.36. The van der Waals surface area contributed by atoms with E-state index in [-0.39, 0.29) is 0 Å². The Morgan fingerprint density at radius 3 is 2.52 bits per heavy atom. The molecule has 1 heterocycles. The molecule has 2 aromatic carbocycles. The summed E-state index contributed by atoms with van der Waals surface area (Å²) < 4.78 is 10.7. The number of ether oxygens (including phenoxy) is 1. The summed E-state index contributed by atoms with van der Waals surface area (Å²) >= 11 is 0. The van der Waals surface area contributed by atoms with Crippen LogP contribution in [0.4, 0.5) is 17.4 Å². The highest BCUT2D eigenvalue weighted by Crippen LogP contribution is 2.26. The minimum atomic E-state index is 0.304. The van der Waals surface area contributed by atoms with Gasteiger partial charge in [0.1, 0.15) is 5.75 Å². The number of rotatable bonds is 4. The van der Waals surface area contributed by atoms with Crippen molar-refractivity contribution in [2.45, 2.75) is 0 Å². The van der Waals surface area contributed by atoms with Crippen molar-refractivity contribution in [2.75, 3.05) is 18.2 Å². The predicted octanol–water partition coefficient (Wildman–Crippen LogP) is 3.07. The maximum atomic E-state index is 5.88. The molecule has 0 unspecified atom stereocenters. The SMILES string of the molecule is COc1ccc(Nc2nnc(-c3ccccc3N)o2)cc1. The zero-order valence-corrected chi connectivity index (χ0v) is 11.4. The average molecular weight is 282 g/mol. The van der Waals surface area contributed by atoms with Crippen LogP contribution < -0.4 is 15.8 Å². The molecule has 0 radical (unpaired) electrons. The third-order valence-electron chi connectivity index (χ3n) is 2.96. The summed E-state index contributed by atoms with van der Waals surface area (Å²) in [5, 5.41) is 11.0. The summed E-state index contributed by atoms with van der Waals surface area (Å²) in [6, 6.07) is 15.1. The van der Waals surface area contributed by atoms with E-state index in [2.05, 4.69) is 15.5 Å². The first-order valence-electron chi connectivity index (χ1n) is 6.36. The van der Waals surface area contributed by atoms with E-state index in [1.807, 2.05) is 42.5 Å². The van der Waals surface area contributed by atoms with Crippen LogP contribution in [0.3, 0.4) is 0 Å². The number of hydrogen-bond donors (Lipinski definition) is 2. The number of aromatic nitrogens is 2. The van der Waals surface area contributed by atoms with Gasteiger partial charge in [0, 0.05) is 11.4 Å². The Hall–Kier alpha value is -3.02. The number of hydrogen-bond acceptors (Lipinski definition) is 6. The van der Waals surface area contributed by atoms with E-state index in [1.54, 1.807) is 13.2 Å². The van der Waals surface area contributed by atoms with Crippen molar-refractivity contribution >= 4 is 17.4 Å². The molecule has 3 N–H and O–H groups in total. The molecule has 3 aromatic rings. The zero-order valence-electron chi connectivity index (χ0n) is 11.4. The second-order valence-corrected chi connectivity index (χ2v) is 4.35. The molecule has 0 aliphatic carbocycles. The molecule has 6 heteroatoms. The fourth-order valence-electron chi connectivity index (χ4n) is 1.87. The monoisotopic (exact) mass is 282 g/mol. The van der Waals surface area contributed by atoms with Gasteiger partial charge in [-0.05, 0) is 36.4 Å².